The molecule has 0 aromatic heterocycles. The minimum atomic E-state index is -3.46. The van der Waals surface area contributed by atoms with E-state index in [0.717, 1.165) is 30.4 Å². The number of sulfonamides is 1. The molecule has 1 fully saturated rings. The van der Waals surface area contributed by atoms with Gasteiger partial charge >= 0.3 is 0 Å². The summed E-state index contributed by atoms with van der Waals surface area (Å²) in [5.74, 6) is -0.213. The van der Waals surface area contributed by atoms with Gasteiger partial charge < -0.3 is 5.32 Å². The van der Waals surface area contributed by atoms with Crippen LogP contribution >= 0.6 is 0 Å². The Labute approximate surface area is 155 Å². The maximum Gasteiger partial charge on any atom is 0.251 e. The van der Waals surface area contributed by atoms with Crippen LogP contribution in [0.1, 0.15) is 40.7 Å². The molecular formula is C20H24N2O3S. The molecule has 1 aliphatic rings. The Morgan fingerprint density at radius 2 is 1.65 bits per heavy atom. The number of amides is 1. The predicted octanol–water partition coefficient (Wildman–Crippen LogP) is 3.10. The first-order valence-corrected chi connectivity index (χ1v) is 10.4. The van der Waals surface area contributed by atoms with Crippen molar-refractivity contribution in [2.45, 2.75) is 37.6 Å². The smallest absolute Gasteiger partial charge is 0.251 e. The molecule has 26 heavy (non-hydrogen) atoms. The van der Waals surface area contributed by atoms with Crippen LogP contribution in [-0.4, -0.2) is 31.7 Å². The van der Waals surface area contributed by atoms with Gasteiger partial charge in [-0.1, -0.05) is 30.7 Å². The summed E-state index contributed by atoms with van der Waals surface area (Å²) in [6, 6.07) is 14.1. The van der Waals surface area contributed by atoms with Gasteiger partial charge in [-0.3, -0.25) is 4.79 Å². The van der Waals surface area contributed by atoms with Gasteiger partial charge in [-0.15, -0.1) is 0 Å². The normalized spacial score (nSPS) is 15.6. The van der Waals surface area contributed by atoms with Crippen molar-refractivity contribution in [2.24, 2.45) is 0 Å². The lowest BCUT2D eigenvalue weighted by molar-refractivity contribution is 0.0950. The largest absolute Gasteiger partial charge is 0.348 e. The van der Waals surface area contributed by atoms with Crippen LogP contribution in [0.5, 0.6) is 0 Å². The molecule has 5 nitrogen and oxygen atoms in total. The average molecular weight is 372 g/mol. The molecule has 0 spiro atoms. The van der Waals surface area contributed by atoms with Crippen molar-refractivity contribution in [3.05, 3.63) is 65.2 Å². The summed E-state index contributed by atoms with van der Waals surface area (Å²) in [7, 11) is -3.46. The van der Waals surface area contributed by atoms with Crippen LogP contribution in [-0.2, 0) is 16.6 Å². The summed E-state index contributed by atoms with van der Waals surface area (Å²) in [6.45, 7) is 3.59. The first kappa shape index (κ1) is 18.6. The molecule has 0 radical (unpaired) electrons. The molecule has 138 valence electrons. The molecule has 1 N–H and O–H groups in total. The molecule has 1 heterocycles. The van der Waals surface area contributed by atoms with Crippen LogP contribution in [0.15, 0.2) is 53.4 Å². The SMILES string of the molecule is Cc1ccccc1CNC(=O)c1ccc(S(=O)(=O)N2CCCCC2)cc1. The minimum Gasteiger partial charge on any atom is -0.348 e. The fraction of sp³-hybridized carbons (Fsp3) is 0.350. The Kier molecular flexibility index (Phi) is 5.74. The quantitative estimate of drug-likeness (QED) is 0.877. The van der Waals surface area contributed by atoms with Crippen molar-refractivity contribution in [3.63, 3.8) is 0 Å². The third kappa shape index (κ3) is 4.14. The van der Waals surface area contributed by atoms with Crippen LogP contribution < -0.4 is 5.32 Å². The van der Waals surface area contributed by atoms with Crippen LogP contribution in [0.2, 0.25) is 0 Å². The van der Waals surface area contributed by atoms with Gasteiger partial charge in [0, 0.05) is 25.2 Å². The zero-order valence-corrected chi connectivity index (χ0v) is 15.8. The highest BCUT2D eigenvalue weighted by molar-refractivity contribution is 7.89. The topological polar surface area (TPSA) is 66.5 Å². The zero-order chi connectivity index (χ0) is 18.6. The van der Waals surface area contributed by atoms with Crippen LogP contribution in [0, 0.1) is 6.92 Å². The first-order valence-electron chi connectivity index (χ1n) is 8.91. The van der Waals surface area contributed by atoms with Crippen LogP contribution in [0.4, 0.5) is 0 Å². The van der Waals surface area contributed by atoms with Crippen LogP contribution in [0.25, 0.3) is 0 Å². The Morgan fingerprint density at radius 1 is 1.00 bits per heavy atom. The van der Waals surface area contributed by atoms with Gasteiger partial charge in [0.05, 0.1) is 4.90 Å². The number of carbonyl (C=O) groups excluding carboxylic acids is 1. The number of hydrogen-bond acceptors (Lipinski definition) is 3. The van der Waals surface area contributed by atoms with Crippen molar-refractivity contribution in [2.75, 3.05) is 13.1 Å². The second kappa shape index (κ2) is 8.01. The monoisotopic (exact) mass is 372 g/mol. The maximum atomic E-state index is 12.6. The van der Waals surface area contributed by atoms with E-state index in [9.17, 15) is 13.2 Å². The summed E-state index contributed by atoms with van der Waals surface area (Å²) in [5.41, 5.74) is 2.64. The molecule has 2 aromatic carbocycles. The van der Waals surface area contributed by atoms with Gasteiger partial charge in [0.15, 0.2) is 0 Å². The number of piperidine rings is 1. The van der Waals surface area contributed by atoms with E-state index < -0.39 is 10.0 Å². The van der Waals surface area contributed by atoms with E-state index in [1.165, 1.54) is 16.4 Å². The summed E-state index contributed by atoms with van der Waals surface area (Å²) >= 11 is 0. The van der Waals surface area contributed by atoms with Crippen molar-refractivity contribution in [1.29, 1.82) is 0 Å². The lowest BCUT2D eigenvalue weighted by Crippen LogP contribution is -2.35. The Bertz CT molecular complexity index is 870. The van der Waals surface area contributed by atoms with E-state index in [1.807, 2.05) is 31.2 Å². The van der Waals surface area contributed by atoms with Gasteiger partial charge in [-0.05, 0) is 55.2 Å². The summed E-state index contributed by atoms with van der Waals surface area (Å²) in [5, 5.41) is 2.88. The number of benzene rings is 2. The van der Waals surface area contributed by atoms with Crippen molar-refractivity contribution < 1.29 is 13.2 Å². The minimum absolute atomic E-state index is 0.213. The first-order chi connectivity index (χ1) is 12.5. The zero-order valence-electron chi connectivity index (χ0n) is 14.9. The molecule has 1 aliphatic heterocycles. The highest BCUT2D eigenvalue weighted by atomic mass is 32.2. The third-order valence-electron chi connectivity index (χ3n) is 4.77. The van der Waals surface area contributed by atoms with E-state index in [-0.39, 0.29) is 10.8 Å². The fourth-order valence-electron chi connectivity index (χ4n) is 3.12. The number of nitrogens with one attached hydrogen (secondary N) is 1. The van der Waals surface area contributed by atoms with E-state index in [1.54, 1.807) is 12.1 Å². The summed E-state index contributed by atoms with van der Waals surface area (Å²) in [6.07, 6.45) is 2.88. The highest BCUT2D eigenvalue weighted by Crippen LogP contribution is 2.21. The molecule has 1 amide bonds. The summed E-state index contributed by atoms with van der Waals surface area (Å²) in [4.78, 5) is 12.6. The maximum absolute atomic E-state index is 12.6. The summed E-state index contributed by atoms with van der Waals surface area (Å²) < 4.78 is 26.8. The van der Waals surface area contributed by atoms with Gasteiger partial charge in [0.25, 0.3) is 5.91 Å². The molecule has 0 unspecified atom stereocenters. The molecule has 2 aromatic rings. The van der Waals surface area contributed by atoms with Crippen molar-refractivity contribution in [1.82, 2.24) is 9.62 Å². The molecule has 0 aliphatic carbocycles. The number of nitrogens with zero attached hydrogens (tertiary/aromatic N) is 1. The Balaban J connectivity index is 1.67. The predicted molar refractivity (Wildman–Crippen MR) is 101 cm³/mol. The van der Waals surface area contributed by atoms with E-state index in [2.05, 4.69) is 5.32 Å². The average Bonchev–Trinajstić information content (AvgIpc) is 2.68. The van der Waals surface area contributed by atoms with Crippen LogP contribution in [0.3, 0.4) is 0 Å². The van der Waals surface area contributed by atoms with Crippen molar-refractivity contribution in [3.8, 4) is 0 Å². The number of aryl methyl sites for hydroxylation is 1. The highest BCUT2D eigenvalue weighted by Gasteiger charge is 2.25. The number of carbonyl (C=O) groups is 1. The van der Waals surface area contributed by atoms with Gasteiger partial charge in [-0.2, -0.15) is 4.31 Å². The third-order valence-corrected chi connectivity index (χ3v) is 6.68. The Hall–Kier alpha value is -2.18. The van der Waals surface area contributed by atoms with E-state index in [4.69, 9.17) is 0 Å². The standard InChI is InChI=1S/C20H24N2O3S/c1-16-7-3-4-8-18(16)15-21-20(23)17-9-11-19(12-10-17)26(24,25)22-13-5-2-6-14-22/h3-4,7-12H,2,5-6,13-15H2,1H3,(H,21,23). The van der Waals surface area contributed by atoms with Crippen molar-refractivity contribution >= 4 is 15.9 Å². The second-order valence-electron chi connectivity index (χ2n) is 6.60. The molecule has 1 saturated heterocycles. The van der Waals surface area contributed by atoms with E-state index >= 15 is 0 Å². The molecular weight excluding hydrogens is 348 g/mol. The fourth-order valence-corrected chi connectivity index (χ4v) is 4.64. The Morgan fingerprint density at radius 3 is 2.31 bits per heavy atom. The molecule has 0 atom stereocenters. The second-order valence-corrected chi connectivity index (χ2v) is 8.54. The molecule has 0 bridgehead atoms. The lowest BCUT2D eigenvalue weighted by atomic mass is 10.1. The molecule has 3 rings (SSSR count). The number of hydrogen-bond donors (Lipinski definition) is 1. The lowest BCUT2D eigenvalue weighted by Gasteiger charge is -2.25. The number of rotatable bonds is 5. The van der Waals surface area contributed by atoms with Gasteiger partial charge in [0.1, 0.15) is 0 Å². The van der Waals surface area contributed by atoms with Gasteiger partial charge in [0.2, 0.25) is 10.0 Å². The van der Waals surface area contributed by atoms with E-state index in [0.29, 0.717) is 25.2 Å². The molecule has 0 saturated carbocycles. The molecule has 6 heteroatoms. The van der Waals surface area contributed by atoms with Gasteiger partial charge in [-0.25, -0.2) is 8.42 Å².